The topological polar surface area (TPSA) is 57.3 Å². The van der Waals surface area contributed by atoms with Gasteiger partial charge in [0.2, 0.25) is 0 Å². The second-order valence-corrected chi connectivity index (χ2v) is 3.86. The smallest absolute Gasteiger partial charge is 0.404 e. The number of fused-ring (bicyclic) bond motifs is 1. The van der Waals surface area contributed by atoms with Crippen LogP contribution in [0.15, 0.2) is 12.3 Å². The zero-order chi connectivity index (χ0) is 10.7. The van der Waals surface area contributed by atoms with E-state index in [1.54, 1.807) is 0 Å². The summed E-state index contributed by atoms with van der Waals surface area (Å²) in [6, 6.07) is 2.17. The molecule has 1 heterocycles. The molecule has 0 unspecified atom stereocenters. The van der Waals surface area contributed by atoms with Crippen LogP contribution >= 0.6 is 0 Å². The quantitative estimate of drug-likeness (QED) is 0.817. The molecule has 0 spiro atoms. The van der Waals surface area contributed by atoms with Gasteiger partial charge in [0, 0.05) is 11.9 Å². The van der Waals surface area contributed by atoms with E-state index in [1.165, 1.54) is 30.5 Å². The molecule has 0 fully saturated rings. The molecule has 1 amide bonds. The average molecular weight is 208 g/mol. The molecule has 0 bridgehead atoms. The summed E-state index contributed by atoms with van der Waals surface area (Å²) < 4.78 is 6.89. The van der Waals surface area contributed by atoms with Crippen LogP contribution in [0.4, 0.5) is 4.79 Å². The van der Waals surface area contributed by atoms with Crippen LogP contribution in [0, 0.1) is 0 Å². The Morgan fingerprint density at radius 2 is 2.27 bits per heavy atom. The van der Waals surface area contributed by atoms with Gasteiger partial charge in [-0.3, -0.25) is 0 Å². The van der Waals surface area contributed by atoms with Crippen molar-refractivity contribution in [3.63, 3.8) is 0 Å². The van der Waals surface area contributed by atoms with E-state index < -0.39 is 6.09 Å². The first-order valence-electron chi connectivity index (χ1n) is 5.36. The van der Waals surface area contributed by atoms with Crippen molar-refractivity contribution < 1.29 is 9.53 Å². The van der Waals surface area contributed by atoms with Gasteiger partial charge in [0.25, 0.3) is 0 Å². The van der Waals surface area contributed by atoms with Crippen LogP contribution in [0.5, 0.6) is 0 Å². The highest BCUT2D eigenvalue weighted by Crippen LogP contribution is 2.21. The van der Waals surface area contributed by atoms with E-state index >= 15 is 0 Å². The second kappa shape index (κ2) is 4.38. The van der Waals surface area contributed by atoms with E-state index in [-0.39, 0.29) is 0 Å². The monoisotopic (exact) mass is 208 g/mol. The van der Waals surface area contributed by atoms with Crippen molar-refractivity contribution >= 4 is 6.09 Å². The number of nitrogens with zero attached hydrogens (tertiary/aromatic N) is 1. The fourth-order valence-corrected chi connectivity index (χ4v) is 2.14. The Balaban J connectivity index is 1.96. The molecule has 82 valence electrons. The third-order valence-corrected chi connectivity index (χ3v) is 2.86. The minimum atomic E-state index is -0.698. The summed E-state index contributed by atoms with van der Waals surface area (Å²) in [4.78, 5) is 10.4. The van der Waals surface area contributed by atoms with Crippen LogP contribution in [0.2, 0.25) is 0 Å². The normalized spacial score (nSPS) is 14.7. The van der Waals surface area contributed by atoms with Gasteiger partial charge >= 0.3 is 6.09 Å². The Labute approximate surface area is 89.0 Å². The number of primary amides is 1. The summed E-state index contributed by atoms with van der Waals surface area (Å²) in [6.07, 6.45) is 6.23. The predicted molar refractivity (Wildman–Crippen MR) is 56.6 cm³/mol. The number of hydrogen-bond acceptors (Lipinski definition) is 2. The Morgan fingerprint density at radius 3 is 3.07 bits per heavy atom. The summed E-state index contributed by atoms with van der Waals surface area (Å²) in [7, 11) is 0. The van der Waals surface area contributed by atoms with Crippen molar-refractivity contribution in [1.82, 2.24) is 4.57 Å². The lowest BCUT2D eigenvalue weighted by molar-refractivity contribution is 0.152. The molecule has 1 aromatic heterocycles. The van der Waals surface area contributed by atoms with Crippen LogP contribution in [-0.4, -0.2) is 17.3 Å². The van der Waals surface area contributed by atoms with E-state index in [4.69, 9.17) is 10.5 Å². The second-order valence-electron chi connectivity index (χ2n) is 3.86. The van der Waals surface area contributed by atoms with E-state index in [2.05, 4.69) is 16.8 Å². The van der Waals surface area contributed by atoms with Crippen molar-refractivity contribution in [2.75, 3.05) is 6.61 Å². The Morgan fingerprint density at radius 1 is 1.47 bits per heavy atom. The molecule has 0 saturated heterocycles. The van der Waals surface area contributed by atoms with E-state index in [0.29, 0.717) is 13.2 Å². The molecule has 2 N–H and O–H groups in total. The van der Waals surface area contributed by atoms with Crippen LogP contribution < -0.4 is 5.73 Å². The predicted octanol–water partition coefficient (Wildman–Crippen LogP) is 1.46. The standard InChI is InChI=1S/C11H16N2O2/c12-11(14)15-8-7-13-6-5-9-3-1-2-4-10(9)13/h5-6H,1-4,7-8H2,(H2,12,14). The summed E-state index contributed by atoms with van der Waals surface area (Å²) in [5.74, 6) is 0. The minimum Gasteiger partial charge on any atom is -0.448 e. The van der Waals surface area contributed by atoms with Gasteiger partial charge in [-0.05, 0) is 37.3 Å². The molecule has 0 aromatic carbocycles. The number of aromatic nitrogens is 1. The molecule has 1 aliphatic carbocycles. The largest absolute Gasteiger partial charge is 0.448 e. The number of ether oxygens (including phenoxy) is 1. The van der Waals surface area contributed by atoms with Gasteiger partial charge in [0.15, 0.2) is 0 Å². The lowest BCUT2D eigenvalue weighted by Crippen LogP contribution is -2.17. The Kier molecular flexibility index (Phi) is 2.94. The van der Waals surface area contributed by atoms with Gasteiger partial charge in [0.05, 0.1) is 6.54 Å². The van der Waals surface area contributed by atoms with Gasteiger partial charge in [0.1, 0.15) is 6.61 Å². The highest BCUT2D eigenvalue weighted by atomic mass is 16.5. The molecule has 4 nitrogen and oxygen atoms in total. The third-order valence-electron chi connectivity index (χ3n) is 2.86. The summed E-state index contributed by atoms with van der Waals surface area (Å²) >= 11 is 0. The SMILES string of the molecule is NC(=O)OCCn1ccc2c1CCCC2. The lowest BCUT2D eigenvalue weighted by atomic mass is 9.98. The van der Waals surface area contributed by atoms with Crippen LogP contribution in [0.25, 0.3) is 0 Å². The first-order valence-corrected chi connectivity index (χ1v) is 5.36. The van der Waals surface area contributed by atoms with E-state index in [0.717, 1.165) is 6.42 Å². The maximum Gasteiger partial charge on any atom is 0.404 e. The summed E-state index contributed by atoms with van der Waals surface area (Å²) in [5.41, 5.74) is 7.74. The minimum absolute atomic E-state index is 0.358. The van der Waals surface area contributed by atoms with E-state index in [9.17, 15) is 4.79 Å². The number of hydrogen-bond donors (Lipinski definition) is 1. The zero-order valence-electron chi connectivity index (χ0n) is 8.74. The van der Waals surface area contributed by atoms with Gasteiger partial charge in [-0.1, -0.05) is 0 Å². The van der Waals surface area contributed by atoms with Gasteiger partial charge < -0.3 is 15.0 Å². The molecule has 0 radical (unpaired) electrons. The van der Waals surface area contributed by atoms with Crippen molar-refractivity contribution in [1.29, 1.82) is 0 Å². The number of carbonyl (C=O) groups is 1. The van der Waals surface area contributed by atoms with Gasteiger partial charge in [-0.2, -0.15) is 0 Å². The number of rotatable bonds is 3. The van der Waals surface area contributed by atoms with Crippen molar-refractivity contribution in [3.8, 4) is 0 Å². The van der Waals surface area contributed by atoms with Gasteiger partial charge in [-0.15, -0.1) is 0 Å². The lowest BCUT2D eigenvalue weighted by Gasteiger charge is -2.15. The van der Waals surface area contributed by atoms with Crippen LogP contribution in [-0.2, 0) is 24.1 Å². The Hall–Kier alpha value is -1.45. The van der Waals surface area contributed by atoms with Crippen molar-refractivity contribution in [2.45, 2.75) is 32.2 Å². The maximum atomic E-state index is 10.4. The number of nitrogens with two attached hydrogens (primary N) is 1. The maximum absolute atomic E-state index is 10.4. The summed E-state index contributed by atoms with van der Waals surface area (Å²) in [6.45, 7) is 1.06. The Bertz CT molecular complexity index is 357. The molecule has 15 heavy (non-hydrogen) atoms. The van der Waals surface area contributed by atoms with Crippen molar-refractivity contribution in [2.24, 2.45) is 5.73 Å². The fraction of sp³-hybridized carbons (Fsp3) is 0.545. The number of carbonyl (C=O) groups excluding carboxylic acids is 1. The summed E-state index contributed by atoms with van der Waals surface area (Å²) in [5, 5.41) is 0. The molecule has 0 atom stereocenters. The van der Waals surface area contributed by atoms with Crippen molar-refractivity contribution in [3.05, 3.63) is 23.5 Å². The number of aryl methyl sites for hydroxylation is 1. The fourth-order valence-electron chi connectivity index (χ4n) is 2.14. The molecule has 2 rings (SSSR count). The molecule has 1 aromatic rings. The molecular formula is C11H16N2O2. The number of amides is 1. The molecular weight excluding hydrogens is 192 g/mol. The van der Waals surface area contributed by atoms with Crippen LogP contribution in [0.3, 0.4) is 0 Å². The highest BCUT2D eigenvalue weighted by molar-refractivity contribution is 5.64. The first-order chi connectivity index (χ1) is 7.27. The zero-order valence-corrected chi connectivity index (χ0v) is 8.74. The first kappa shape index (κ1) is 10.1. The van der Waals surface area contributed by atoms with Gasteiger partial charge in [-0.25, -0.2) is 4.79 Å². The molecule has 1 aliphatic rings. The molecule has 0 aliphatic heterocycles. The van der Waals surface area contributed by atoms with E-state index in [1.807, 2.05) is 0 Å². The van der Waals surface area contributed by atoms with Crippen LogP contribution in [0.1, 0.15) is 24.1 Å². The molecule has 4 heteroatoms. The third kappa shape index (κ3) is 2.32. The average Bonchev–Trinajstić information content (AvgIpc) is 2.62. The molecule has 0 saturated carbocycles. The highest BCUT2D eigenvalue weighted by Gasteiger charge is 2.13.